The van der Waals surface area contributed by atoms with Crippen LogP contribution in [0.15, 0.2) is 22.7 Å². The quantitative estimate of drug-likeness (QED) is 0.570. The molecule has 0 aromatic heterocycles. The van der Waals surface area contributed by atoms with Gasteiger partial charge in [0.05, 0.1) is 6.10 Å². The minimum Gasteiger partial charge on any atom is -0.388 e. The van der Waals surface area contributed by atoms with Crippen molar-refractivity contribution >= 4 is 15.9 Å². The van der Waals surface area contributed by atoms with Gasteiger partial charge in [-0.25, -0.2) is 4.39 Å². The molecule has 1 N–H and O–H groups in total. The van der Waals surface area contributed by atoms with Crippen molar-refractivity contribution in [2.24, 2.45) is 0 Å². The van der Waals surface area contributed by atoms with Crippen molar-refractivity contribution in [2.45, 2.75) is 64.4 Å². The zero-order chi connectivity index (χ0) is 14.1. The van der Waals surface area contributed by atoms with E-state index >= 15 is 0 Å². The van der Waals surface area contributed by atoms with Gasteiger partial charge >= 0.3 is 0 Å². The number of hydrogen-bond acceptors (Lipinski definition) is 1. The van der Waals surface area contributed by atoms with E-state index in [1.54, 1.807) is 6.07 Å². The number of benzene rings is 1. The highest BCUT2D eigenvalue weighted by molar-refractivity contribution is 9.10. The lowest BCUT2D eigenvalue weighted by molar-refractivity contribution is 0.163. The summed E-state index contributed by atoms with van der Waals surface area (Å²) in [5, 5.41) is 10.0. The van der Waals surface area contributed by atoms with Gasteiger partial charge in [-0.05, 0) is 30.2 Å². The molecule has 0 bridgehead atoms. The fraction of sp³-hybridized carbons (Fsp3) is 0.625. The molecule has 1 aromatic rings. The number of rotatable bonds is 9. The van der Waals surface area contributed by atoms with Crippen LogP contribution in [0.25, 0.3) is 0 Å². The first-order valence-electron chi connectivity index (χ1n) is 7.27. The molecule has 0 amide bonds. The SMILES string of the molecule is CCCCCCCCCC(O)c1cc(F)cc(Br)c1. The maximum Gasteiger partial charge on any atom is 0.124 e. The molecule has 1 unspecified atom stereocenters. The van der Waals surface area contributed by atoms with Crippen LogP contribution >= 0.6 is 15.9 Å². The number of unbranched alkanes of at least 4 members (excludes halogenated alkanes) is 6. The van der Waals surface area contributed by atoms with Crippen LogP contribution in [0.1, 0.15) is 70.0 Å². The first kappa shape index (κ1) is 16.6. The van der Waals surface area contributed by atoms with E-state index in [1.165, 1.54) is 44.2 Å². The zero-order valence-corrected chi connectivity index (χ0v) is 13.3. The number of aliphatic hydroxyl groups excluding tert-OH is 1. The van der Waals surface area contributed by atoms with E-state index in [0.29, 0.717) is 16.5 Å². The fourth-order valence-corrected chi connectivity index (χ4v) is 2.71. The molecular weight excluding hydrogens is 307 g/mol. The van der Waals surface area contributed by atoms with Gasteiger partial charge in [0, 0.05) is 4.47 Å². The lowest BCUT2D eigenvalue weighted by Gasteiger charge is -2.11. The molecule has 1 nitrogen and oxygen atoms in total. The van der Waals surface area contributed by atoms with Gasteiger partial charge in [0.1, 0.15) is 5.82 Å². The lowest BCUT2D eigenvalue weighted by Crippen LogP contribution is -1.98. The van der Waals surface area contributed by atoms with Crippen LogP contribution in [0.4, 0.5) is 4.39 Å². The second kappa shape index (κ2) is 9.49. The summed E-state index contributed by atoms with van der Waals surface area (Å²) in [4.78, 5) is 0. The van der Waals surface area contributed by atoms with E-state index in [0.717, 1.165) is 12.8 Å². The molecule has 0 saturated carbocycles. The van der Waals surface area contributed by atoms with Crippen molar-refractivity contribution < 1.29 is 9.50 Å². The maximum absolute atomic E-state index is 13.2. The summed E-state index contributed by atoms with van der Waals surface area (Å²) in [7, 11) is 0. The van der Waals surface area contributed by atoms with Gasteiger partial charge < -0.3 is 5.11 Å². The van der Waals surface area contributed by atoms with E-state index in [1.807, 2.05) is 0 Å². The van der Waals surface area contributed by atoms with Crippen LogP contribution < -0.4 is 0 Å². The molecule has 1 atom stereocenters. The predicted molar refractivity (Wildman–Crippen MR) is 81.7 cm³/mol. The van der Waals surface area contributed by atoms with Gasteiger partial charge in [-0.2, -0.15) is 0 Å². The highest BCUT2D eigenvalue weighted by atomic mass is 79.9. The number of halogens is 2. The van der Waals surface area contributed by atoms with Crippen molar-refractivity contribution in [1.29, 1.82) is 0 Å². The Balaban J connectivity index is 2.22. The summed E-state index contributed by atoms with van der Waals surface area (Å²) in [6.07, 6.45) is 8.74. The van der Waals surface area contributed by atoms with E-state index in [-0.39, 0.29) is 5.82 Å². The van der Waals surface area contributed by atoms with E-state index in [4.69, 9.17) is 0 Å². The maximum atomic E-state index is 13.2. The lowest BCUT2D eigenvalue weighted by atomic mass is 10.0. The first-order chi connectivity index (χ1) is 9.13. The summed E-state index contributed by atoms with van der Waals surface area (Å²) >= 11 is 3.25. The number of aliphatic hydroxyl groups is 1. The Kier molecular flexibility index (Phi) is 8.31. The zero-order valence-electron chi connectivity index (χ0n) is 11.7. The van der Waals surface area contributed by atoms with Crippen LogP contribution in [0, 0.1) is 5.82 Å². The van der Waals surface area contributed by atoms with Crippen molar-refractivity contribution in [3.8, 4) is 0 Å². The molecule has 1 rings (SSSR count). The average Bonchev–Trinajstić information content (AvgIpc) is 2.36. The molecule has 0 fully saturated rings. The summed E-state index contributed by atoms with van der Waals surface area (Å²) in [6, 6.07) is 4.61. The molecular formula is C16H24BrFO. The summed E-state index contributed by atoms with van der Waals surface area (Å²) in [6.45, 7) is 2.22. The Bertz CT molecular complexity index is 348. The highest BCUT2D eigenvalue weighted by Crippen LogP contribution is 2.24. The molecule has 0 aliphatic heterocycles. The predicted octanol–water partition coefficient (Wildman–Crippen LogP) is 5.76. The van der Waals surface area contributed by atoms with Crippen molar-refractivity contribution in [1.82, 2.24) is 0 Å². The molecule has 3 heteroatoms. The van der Waals surface area contributed by atoms with Crippen LogP contribution in [-0.2, 0) is 0 Å². The largest absolute Gasteiger partial charge is 0.388 e. The first-order valence-corrected chi connectivity index (χ1v) is 8.07. The molecule has 19 heavy (non-hydrogen) atoms. The molecule has 0 radical (unpaired) electrons. The van der Waals surface area contributed by atoms with Gasteiger partial charge in [0.2, 0.25) is 0 Å². The van der Waals surface area contributed by atoms with Gasteiger partial charge in [-0.15, -0.1) is 0 Å². The summed E-state index contributed by atoms with van der Waals surface area (Å²) in [5.41, 5.74) is 0.665. The molecule has 108 valence electrons. The molecule has 0 aliphatic rings. The molecule has 0 heterocycles. The number of hydrogen-bond donors (Lipinski definition) is 1. The van der Waals surface area contributed by atoms with E-state index in [2.05, 4.69) is 22.9 Å². The standard InChI is InChI=1S/C16H24BrFO/c1-2-3-4-5-6-7-8-9-16(19)13-10-14(17)12-15(18)11-13/h10-12,16,19H,2-9H2,1H3. The van der Waals surface area contributed by atoms with Crippen LogP contribution in [-0.4, -0.2) is 5.11 Å². The topological polar surface area (TPSA) is 20.2 Å². The fourth-order valence-electron chi connectivity index (χ4n) is 2.23. The van der Waals surface area contributed by atoms with Crippen LogP contribution in [0.5, 0.6) is 0 Å². The molecule has 0 aliphatic carbocycles. The molecule has 0 saturated heterocycles. The Hall–Kier alpha value is -0.410. The minimum absolute atomic E-state index is 0.303. The van der Waals surface area contributed by atoms with Gasteiger partial charge in [0.15, 0.2) is 0 Å². The third-order valence-electron chi connectivity index (χ3n) is 3.35. The second-order valence-corrected chi connectivity index (χ2v) is 6.04. The second-order valence-electron chi connectivity index (χ2n) is 5.13. The Morgan fingerprint density at radius 2 is 1.68 bits per heavy atom. The summed E-state index contributed by atoms with van der Waals surface area (Å²) < 4.78 is 13.9. The average molecular weight is 331 g/mol. The Morgan fingerprint density at radius 1 is 1.05 bits per heavy atom. The summed E-state index contributed by atoms with van der Waals surface area (Å²) in [5.74, 6) is -0.303. The van der Waals surface area contributed by atoms with E-state index < -0.39 is 6.10 Å². The molecule has 0 spiro atoms. The van der Waals surface area contributed by atoms with E-state index in [9.17, 15) is 9.50 Å². The highest BCUT2D eigenvalue weighted by Gasteiger charge is 2.09. The normalized spacial score (nSPS) is 12.6. The Labute approximate surface area is 124 Å². The van der Waals surface area contributed by atoms with Crippen molar-refractivity contribution in [2.75, 3.05) is 0 Å². The van der Waals surface area contributed by atoms with Gasteiger partial charge in [0.25, 0.3) is 0 Å². The van der Waals surface area contributed by atoms with Crippen LogP contribution in [0.2, 0.25) is 0 Å². The van der Waals surface area contributed by atoms with Gasteiger partial charge in [-0.1, -0.05) is 67.8 Å². The third kappa shape index (κ3) is 7.07. The van der Waals surface area contributed by atoms with Gasteiger partial charge in [-0.3, -0.25) is 0 Å². The third-order valence-corrected chi connectivity index (χ3v) is 3.81. The van der Waals surface area contributed by atoms with Crippen molar-refractivity contribution in [3.63, 3.8) is 0 Å². The van der Waals surface area contributed by atoms with Crippen LogP contribution in [0.3, 0.4) is 0 Å². The monoisotopic (exact) mass is 330 g/mol. The molecule has 1 aromatic carbocycles. The smallest absolute Gasteiger partial charge is 0.124 e. The Morgan fingerprint density at radius 3 is 2.32 bits per heavy atom. The van der Waals surface area contributed by atoms with Crippen molar-refractivity contribution in [3.05, 3.63) is 34.1 Å². The minimum atomic E-state index is -0.553.